The largest absolute Gasteiger partial charge is 0.493 e. The number of anilines is 1. The Bertz CT molecular complexity index is 720. The van der Waals surface area contributed by atoms with Crippen LogP contribution >= 0.6 is 0 Å². The third-order valence-electron chi connectivity index (χ3n) is 2.93. The van der Waals surface area contributed by atoms with Gasteiger partial charge in [0, 0.05) is 0 Å². The van der Waals surface area contributed by atoms with Crippen LogP contribution in [0.3, 0.4) is 0 Å². The van der Waals surface area contributed by atoms with E-state index in [0.29, 0.717) is 12.4 Å². The SMILES string of the molecule is CCOc1ccc2ccccc2c1-c1nc(N)n[nH]1. The number of nitrogen functional groups attached to an aromatic ring is 1. The highest BCUT2D eigenvalue weighted by molar-refractivity contribution is 5.98. The van der Waals surface area contributed by atoms with Gasteiger partial charge in [-0.25, -0.2) is 0 Å². The van der Waals surface area contributed by atoms with Gasteiger partial charge in [0.1, 0.15) is 5.75 Å². The van der Waals surface area contributed by atoms with Crippen LogP contribution in [0.1, 0.15) is 6.92 Å². The molecule has 3 aromatic rings. The van der Waals surface area contributed by atoms with Crippen molar-refractivity contribution in [2.75, 3.05) is 12.3 Å². The molecule has 96 valence electrons. The van der Waals surface area contributed by atoms with Gasteiger partial charge in [-0.05, 0) is 23.8 Å². The molecule has 0 saturated carbocycles. The molecule has 5 heteroatoms. The predicted molar refractivity (Wildman–Crippen MR) is 74.9 cm³/mol. The zero-order valence-corrected chi connectivity index (χ0v) is 10.6. The first-order valence-electron chi connectivity index (χ1n) is 6.12. The lowest BCUT2D eigenvalue weighted by Gasteiger charge is -2.11. The summed E-state index contributed by atoms with van der Waals surface area (Å²) in [4.78, 5) is 4.21. The molecule has 0 spiro atoms. The number of nitrogens with one attached hydrogen (secondary N) is 1. The second kappa shape index (κ2) is 4.61. The summed E-state index contributed by atoms with van der Waals surface area (Å²) in [5, 5.41) is 8.91. The van der Waals surface area contributed by atoms with Crippen molar-refractivity contribution in [1.82, 2.24) is 15.2 Å². The second-order valence-electron chi connectivity index (χ2n) is 4.14. The lowest BCUT2D eigenvalue weighted by Crippen LogP contribution is -1.96. The summed E-state index contributed by atoms with van der Waals surface area (Å²) < 4.78 is 5.68. The zero-order valence-electron chi connectivity index (χ0n) is 10.6. The smallest absolute Gasteiger partial charge is 0.239 e. The van der Waals surface area contributed by atoms with Crippen molar-refractivity contribution >= 4 is 16.7 Å². The molecule has 19 heavy (non-hydrogen) atoms. The molecule has 0 saturated heterocycles. The highest BCUT2D eigenvalue weighted by atomic mass is 16.5. The maximum Gasteiger partial charge on any atom is 0.239 e. The van der Waals surface area contributed by atoms with Crippen LogP contribution in [-0.2, 0) is 0 Å². The molecule has 5 nitrogen and oxygen atoms in total. The second-order valence-corrected chi connectivity index (χ2v) is 4.14. The van der Waals surface area contributed by atoms with Gasteiger partial charge in [0.25, 0.3) is 0 Å². The third-order valence-corrected chi connectivity index (χ3v) is 2.93. The molecule has 0 radical (unpaired) electrons. The monoisotopic (exact) mass is 254 g/mol. The van der Waals surface area contributed by atoms with Crippen LogP contribution in [0.25, 0.3) is 22.2 Å². The molecule has 3 N–H and O–H groups in total. The number of H-pyrrole nitrogens is 1. The molecule has 0 atom stereocenters. The molecule has 0 fully saturated rings. The Labute approximate surface area is 110 Å². The number of benzene rings is 2. The minimum atomic E-state index is 0.227. The van der Waals surface area contributed by atoms with E-state index in [4.69, 9.17) is 10.5 Å². The van der Waals surface area contributed by atoms with E-state index in [9.17, 15) is 0 Å². The molecule has 1 heterocycles. The fourth-order valence-electron chi connectivity index (χ4n) is 2.16. The van der Waals surface area contributed by atoms with E-state index in [1.165, 1.54) is 0 Å². The molecule has 0 aliphatic heterocycles. The predicted octanol–water partition coefficient (Wildman–Crippen LogP) is 2.61. The summed E-state index contributed by atoms with van der Waals surface area (Å²) in [6, 6.07) is 12.0. The fourth-order valence-corrected chi connectivity index (χ4v) is 2.16. The van der Waals surface area contributed by atoms with Crippen LogP contribution in [0.5, 0.6) is 5.75 Å². The number of aromatic amines is 1. The zero-order chi connectivity index (χ0) is 13.2. The molecule has 0 bridgehead atoms. The van der Waals surface area contributed by atoms with Crippen molar-refractivity contribution in [2.45, 2.75) is 6.92 Å². The van der Waals surface area contributed by atoms with Crippen LogP contribution in [0.2, 0.25) is 0 Å². The number of nitrogens with zero attached hydrogens (tertiary/aromatic N) is 2. The molecular formula is C14H14N4O. The van der Waals surface area contributed by atoms with E-state index >= 15 is 0 Å². The average molecular weight is 254 g/mol. The summed E-state index contributed by atoms with van der Waals surface area (Å²) in [5.41, 5.74) is 6.48. The summed E-state index contributed by atoms with van der Waals surface area (Å²) in [6.07, 6.45) is 0. The first-order chi connectivity index (χ1) is 9.29. The van der Waals surface area contributed by atoms with Crippen molar-refractivity contribution in [1.29, 1.82) is 0 Å². The van der Waals surface area contributed by atoms with Crippen LogP contribution in [-0.4, -0.2) is 21.8 Å². The lowest BCUT2D eigenvalue weighted by atomic mass is 10.0. The van der Waals surface area contributed by atoms with Crippen molar-refractivity contribution in [2.24, 2.45) is 0 Å². The number of nitrogens with two attached hydrogens (primary N) is 1. The Balaban J connectivity index is 2.31. The first-order valence-corrected chi connectivity index (χ1v) is 6.12. The van der Waals surface area contributed by atoms with Crippen LogP contribution in [0.4, 0.5) is 5.95 Å². The number of ether oxygens (including phenoxy) is 1. The van der Waals surface area contributed by atoms with E-state index in [0.717, 1.165) is 22.1 Å². The first kappa shape index (κ1) is 11.5. The number of hydrogen-bond donors (Lipinski definition) is 2. The van der Waals surface area contributed by atoms with Crippen LogP contribution in [0, 0.1) is 0 Å². The van der Waals surface area contributed by atoms with Crippen molar-refractivity contribution in [3.63, 3.8) is 0 Å². The van der Waals surface area contributed by atoms with E-state index in [-0.39, 0.29) is 5.95 Å². The third kappa shape index (κ3) is 1.99. The summed E-state index contributed by atoms with van der Waals surface area (Å²) in [7, 11) is 0. The van der Waals surface area contributed by atoms with Crippen molar-refractivity contribution in [3.8, 4) is 17.1 Å². The van der Waals surface area contributed by atoms with Gasteiger partial charge in [-0.3, -0.25) is 5.10 Å². The van der Waals surface area contributed by atoms with E-state index < -0.39 is 0 Å². The van der Waals surface area contributed by atoms with Gasteiger partial charge in [-0.15, -0.1) is 5.10 Å². The highest BCUT2D eigenvalue weighted by Gasteiger charge is 2.14. The molecule has 2 aromatic carbocycles. The summed E-state index contributed by atoms with van der Waals surface area (Å²) in [6.45, 7) is 2.54. The van der Waals surface area contributed by atoms with E-state index in [2.05, 4.69) is 15.2 Å². The van der Waals surface area contributed by atoms with Gasteiger partial charge in [0.05, 0.1) is 12.2 Å². The number of hydrogen-bond acceptors (Lipinski definition) is 4. The molecule has 0 unspecified atom stereocenters. The Morgan fingerprint density at radius 1 is 1.21 bits per heavy atom. The van der Waals surface area contributed by atoms with Crippen molar-refractivity contribution in [3.05, 3.63) is 36.4 Å². The Kier molecular flexibility index (Phi) is 2.79. The van der Waals surface area contributed by atoms with Gasteiger partial charge < -0.3 is 10.5 Å². The standard InChI is InChI=1S/C14H14N4O/c1-2-19-11-8-7-9-5-3-4-6-10(9)12(11)13-16-14(15)18-17-13/h3-8H,2H2,1H3,(H3,15,16,17,18). The Hall–Kier alpha value is -2.56. The minimum absolute atomic E-state index is 0.227. The molecular weight excluding hydrogens is 240 g/mol. The number of aromatic nitrogens is 3. The molecule has 0 aliphatic carbocycles. The molecule has 1 aromatic heterocycles. The highest BCUT2D eigenvalue weighted by Crippen LogP contribution is 2.35. The van der Waals surface area contributed by atoms with Crippen LogP contribution in [0.15, 0.2) is 36.4 Å². The van der Waals surface area contributed by atoms with Crippen LogP contribution < -0.4 is 10.5 Å². The topological polar surface area (TPSA) is 76.8 Å². The molecule has 0 amide bonds. The van der Waals surface area contributed by atoms with Gasteiger partial charge in [0.15, 0.2) is 5.82 Å². The number of fused-ring (bicyclic) bond motifs is 1. The lowest BCUT2D eigenvalue weighted by molar-refractivity contribution is 0.342. The van der Waals surface area contributed by atoms with Crippen molar-refractivity contribution < 1.29 is 4.74 Å². The number of rotatable bonds is 3. The summed E-state index contributed by atoms with van der Waals surface area (Å²) >= 11 is 0. The van der Waals surface area contributed by atoms with E-state index in [1.807, 2.05) is 43.3 Å². The molecule has 0 aliphatic rings. The van der Waals surface area contributed by atoms with E-state index in [1.54, 1.807) is 0 Å². The quantitative estimate of drug-likeness (QED) is 0.753. The minimum Gasteiger partial charge on any atom is -0.493 e. The maximum absolute atomic E-state index is 5.68. The Morgan fingerprint density at radius 2 is 2.05 bits per heavy atom. The van der Waals surface area contributed by atoms with Gasteiger partial charge >= 0.3 is 0 Å². The fraction of sp³-hybridized carbons (Fsp3) is 0.143. The maximum atomic E-state index is 5.68. The van der Waals surface area contributed by atoms with Gasteiger partial charge in [-0.1, -0.05) is 30.3 Å². The summed E-state index contributed by atoms with van der Waals surface area (Å²) in [5.74, 6) is 1.63. The normalized spacial score (nSPS) is 10.8. The molecule has 3 rings (SSSR count). The van der Waals surface area contributed by atoms with Gasteiger partial charge in [0.2, 0.25) is 5.95 Å². The Morgan fingerprint density at radius 3 is 2.79 bits per heavy atom. The average Bonchev–Trinajstić information content (AvgIpc) is 2.85. The van der Waals surface area contributed by atoms with Gasteiger partial charge in [-0.2, -0.15) is 4.98 Å².